The van der Waals surface area contributed by atoms with Gasteiger partial charge in [0.05, 0.1) is 17.9 Å². The van der Waals surface area contributed by atoms with Gasteiger partial charge in [-0.1, -0.05) is 37.8 Å². The Balaban J connectivity index is 1.99. The van der Waals surface area contributed by atoms with Crippen molar-refractivity contribution in [2.75, 3.05) is 20.8 Å². The maximum atomic E-state index is 6.43. The largest absolute Gasteiger partial charge is 0.435 e. The Kier molecular flexibility index (Phi) is 6.62. The molecule has 0 spiro atoms. The van der Waals surface area contributed by atoms with Gasteiger partial charge in [-0.3, -0.25) is 9.56 Å². The van der Waals surface area contributed by atoms with Gasteiger partial charge < -0.3 is 14.1 Å². The number of methoxy groups -OCH3 is 1. The van der Waals surface area contributed by atoms with Crippen molar-refractivity contribution in [3.05, 3.63) is 71.5 Å². The fourth-order valence-electron chi connectivity index (χ4n) is 3.99. The average Bonchev–Trinajstić information content (AvgIpc) is 3.40. The van der Waals surface area contributed by atoms with Gasteiger partial charge in [0.15, 0.2) is 5.76 Å². The van der Waals surface area contributed by atoms with Crippen LogP contribution >= 0.6 is 11.6 Å². The van der Waals surface area contributed by atoms with E-state index in [4.69, 9.17) is 20.8 Å². The van der Waals surface area contributed by atoms with E-state index in [1.54, 1.807) is 32.6 Å². The molecule has 2 aromatic heterocycles. The predicted molar refractivity (Wildman–Crippen MR) is 133 cm³/mol. The summed E-state index contributed by atoms with van der Waals surface area (Å²) in [6.45, 7) is 10.6. The molecule has 1 aromatic carbocycles. The van der Waals surface area contributed by atoms with Crippen LogP contribution in [0.2, 0.25) is 5.02 Å². The number of oxazole rings is 1. The predicted octanol–water partition coefficient (Wildman–Crippen LogP) is 5.71. The molecule has 0 saturated heterocycles. The average molecular weight is 464 g/mol. The zero-order valence-electron chi connectivity index (χ0n) is 19.0. The molecule has 0 amide bonds. The topological polar surface area (TPSA) is 68.7 Å². The Bertz CT molecular complexity index is 1240. The number of hydrogen-bond acceptors (Lipinski definition) is 5. The summed E-state index contributed by atoms with van der Waals surface area (Å²) < 4.78 is 13.5. The van der Waals surface area contributed by atoms with Crippen LogP contribution in [0, 0.1) is 0 Å². The quantitative estimate of drug-likeness (QED) is 0.346. The molecule has 0 aliphatic carbocycles. The fourth-order valence-corrected chi connectivity index (χ4v) is 4.16. The van der Waals surface area contributed by atoms with Gasteiger partial charge in [0.1, 0.15) is 30.2 Å². The third-order valence-electron chi connectivity index (χ3n) is 5.46. The number of halogens is 1. The molecule has 170 valence electrons. The zero-order valence-corrected chi connectivity index (χ0v) is 19.8. The summed E-state index contributed by atoms with van der Waals surface area (Å²) in [6, 6.07) is 5.85. The molecule has 3 heterocycles. The van der Waals surface area contributed by atoms with Gasteiger partial charge in [0.2, 0.25) is 5.89 Å². The molecular weight excluding hydrogens is 438 g/mol. The normalized spacial score (nSPS) is 14.7. The molecule has 8 heteroatoms. The van der Waals surface area contributed by atoms with Crippen molar-refractivity contribution < 1.29 is 9.15 Å². The third kappa shape index (κ3) is 4.05. The summed E-state index contributed by atoms with van der Waals surface area (Å²) in [5.41, 5.74) is 5.12. The van der Waals surface area contributed by atoms with Crippen LogP contribution in [0.3, 0.4) is 0 Å². The molecule has 0 fully saturated rings. The molecule has 0 N–H and O–H groups in total. The highest BCUT2D eigenvalue weighted by Gasteiger charge is 2.30. The van der Waals surface area contributed by atoms with E-state index in [0.717, 1.165) is 34.9 Å². The number of benzene rings is 1. The second-order valence-electron chi connectivity index (χ2n) is 7.40. The highest BCUT2D eigenvalue weighted by Crippen LogP contribution is 2.37. The van der Waals surface area contributed by atoms with Gasteiger partial charge >= 0.3 is 0 Å². The van der Waals surface area contributed by atoms with E-state index in [1.165, 1.54) is 0 Å². The van der Waals surface area contributed by atoms with E-state index < -0.39 is 0 Å². The number of imidazole rings is 1. The summed E-state index contributed by atoms with van der Waals surface area (Å²) in [5, 5.41) is 0.653. The molecule has 0 unspecified atom stereocenters. The summed E-state index contributed by atoms with van der Waals surface area (Å²) in [4.78, 5) is 15.9. The Hall–Kier alpha value is -3.42. The van der Waals surface area contributed by atoms with Gasteiger partial charge in [0.25, 0.3) is 0 Å². The maximum Gasteiger partial charge on any atom is 0.248 e. The minimum absolute atomic E-state index is 0.358. The van der Waals surface area contributed by atoms with Crippen LogP contribution in [-0.4, -0.2) is 46.0 Å². The highest BCUT2D eigenvalue weighted by molar-refractivity contribution is 6.30. The number of allylic oxidation sites excluding steroid dienone is 1. The van der Waals surface area contributed by atoms with Crippen molar-refractivity contribution in [1.29, 1.82) is 0 Å². The third-order valence-corrected chi connectivity index (χ3v) is 5.70. The lowest BCUT2D eigenvalue weighted by atomic mass is 10.1. The van der Waals surface area contributed by atoms with Crippen LogP contribution in [0.25, 0.3) is 35.1 Å². The number of hydrogen-bond donors (Lipinski definition) is 0. The number of rotatable bonds is 6. The Morgan fingerprint density at radius 1 is 1.33 bits per heavy atom. The first-order valence-corrected chi connectivity index (χ1v) is 11.0. The summed E-state index contributed by atoms with van der Waals surface area (Å²) >= 11 is 6.43. The van der Waals surface area contributed by atoms with Gasteiger partial charge in [-0.25, -0.2) is 9.97 Å². The SMILES string of the molecule is C=Cc1nc(-c2ncn3c2CN(C(COC)=NC)/C(=C/CC)c2cc(Cl)ccc2-3)oc1C=C. The van der Waals surface area contributed by atoms with E-state index in [-0.39, 0.29) is 0 Å². The van der Waals surface area contributed by atoms with E-state index >= 15 is 0 Å². The Labute approximate surface area is 198 Å². The molecule has 7 nitrogen and oxygen atoms in total. The molecule has 1 aliphatic heterocycles. The van der Waals surface area contributed by atoms with Crippen LogP contribution in [-0.2, 0) is 11.3 Å². The Morgan fingerprint density at radius 3 is 2.79 bits per heavy atom. The lowest BCUT2D eigenvalue weighted by Gasteiger charge is -2.27. The molecule has 33 heavy (non-hydrogen) atoms. The van der Waals surface area contributed by atoms with Gasteiger partial charge in [-0.2, -0.15) is 0 Å². The molecule has 0 bridgehead atoms. The van der Waals surface area contributed by atoms with Crippen LogP contribution in [0.5, 0.6) is 0 Å². The first-order chi connectivity index (χ1) is 16.1. The van der Waals surface area contributed by atoms with E-state index in [1.807, 2.05) is 18.2 Å². The van der Waals surface area contributed by atoms with Gasteiger partial charge in [0, 0.05) is 30.4 Å². The van der Waals surface area contributed by atoms with Crippen molar-refractivity contribution in [3.8, 4) is 17.3 Å². The van der Waals surface area contributed by atoms with Crippen LogP contribution in [0.1, 0.15) is 36.1 Å². The lowest BCUT2D eigenvalue weighted by Crippen LogP contribution is -2.32. The van der Waals surface area contributed by atoms with Crippen molar-refractivity contribution in [2.24, 2.45) is 4.99 Å². The van der Waals surface area contributed by atoms with Crippen molar-refractivity contribution >= 4 is 35.3 Å². The lowest BCUT2D eigenvalue weighted by molar-refractivity contribution is 0.235. The van der Waals surface area contributed by atoms with Crippen molar-refractivity contribution in [3.63, 3.8) is 0 Å². The molecule has 0 atom stereocenters. The van der Waals surface area contributed by atoms with Crippen molar-refractivity contribution in [1.82, 2.24) is 19.4 Å². The smallest absolute Gasteiger partial charge is 0.248 e. The van der Waals surface area contributed by atoms with Gasteiger partial charge in [-0.05, 0) is 36.8 Å². The first-order valence-electron chi connectivity index (χ1n) is 10.6. The number of nitrogens with zero attached hydrogens (tertiary/aromatic N) is 5. The second kappa shape index (κ2) is 9.60. The molecule has 0 saturated carbocycles. The fraction of sp³-hybridized carbons (Fsp3) is 0.240. The number of aliphatic imine (C=N–C) groups is 1. The minimum Gasteiger partial charge on any atom is -0.435 e. The standard InChI is InChI=1S/C25H26ClN5O2/c1-6-9-19-17-12-16(26)10-11-20(17)31-15-28-24(25-29-18(7-2)22(8-3)33-25)21(31)13-30(19)23(27-4)14-32-5/h7-12,15H,2-3,6,13-14H2,1,4-5H3/b19-9+,27-23?. The van der Waals surface area contributed by atoms with Crippen LogP contribution in [0.15, 0.2) is 53.2 Å². The maximum absolute atomic E-state index is 6.43. The second-order valence-corrected chi connectivity index (χ2v) is 7.84. The molecule has 0 radical (unpaired) electrons. The number of amidine groups is 1. The van der Waals surface area contributed by atoms with E-state index in [2.05, 4.69) is 50.6 Å². The number of aromatic nitrogens is 3. The zero-order chi connectivity index (χ0) is 23.5. The molecule has 1 aliphatic rings. The number of ether oxygens (including phenoxy) is 1. The molecule has 3 aromatic rings. The highest BCUT2D eigenvalue weighted by atomic mass is 35.5. The summed E-state index contributed by atoms with van der Waals surface area (Å²) in [5.74, 6) is 1.75. The minimum atomic E-state index is 0.358. The molecule has 4 rings (SSSR count). The van der Waals surface area contributed by atoms with Crippen LogP contribution < -0.4 is 0 Å². The monoisotopic (exact) mass is 463 g/mol. The van der Waals surface area contributed by atoms with Gasteiger partial charge in [-0.15, -0.1) is 0 Å². The van der Waals surface area contributed by atoms with E-state index in [0.29, 0.717) is 41.2 Å². The van der Waals surface area contributed by atoms with E-state index in [9.17, 15) is 0 Å². The van der Waals surface area contributed by atoms with Crippen molar-refractivity contribution in [2.45, 2.75) is 19.9 Å². The summed E-state index contributed by atoms with van der Waals surface area (Å²) in [7, 11) is 3.42. The first kappa shape index (κ1) is 22.8. The van der Waals surface area contributed by atoms with Crippen LogP contribution in [0.4, 0.5) is 0 Å². The number of fused-ring (bicyclic) bond motifs is 3. The Morgan fingerprint density at radius 2 is 2.15 bits per heavy atom. The molecular formula is C25H26ClN5O2. The summed E-state index contributed by atoms with van der Waals surface area (Å²) in [6.07, 6.45) is 8.06.